The number of rotatable bonds is 4. The Morgan fingerprint density at radius 1 is 1.33 bits per heavy atom. The van der Waals surface area contributed by atoms with Crippen LogP contribution in [0.15, 0.2) is 6.07 Å². The fourth-order valence-corrected chi connectivity index (χ4v) is 1.64. The van der Waals surface area contributed by atoms with Gasteiger partial charge in [-0.15, -0.1) is 0 Å². The maximum Gasteiger partial charge on any atom is 0.339 e. The van der Waals surface area contributed by atoms with E-state index in [1.54, 1.807) is 0 Å². The lowest BCUT2D eigenvalue weighted by atomic mass is 10.1. The molecule has 1 rings (SSSR count). The van der Waals surface area contributed by atoms with Crippen molar-refractivity contribution in [2.45, 2.75) is 6.10 Å². The first kappa shape index (κ1) is 14.5. The zero-order valence-electron chi connectivity index (χ0n) is 9.99. The quantitative estimate of drug-likeness (QED) is 0.849. The normalized spacial score (nSPS) is 11.9. The molecule has 1 unspecified atom stereocenters. The van der Waals surface area contributed by atoms with Gasteiger partial charge in [-0.25, -0.2) is 9.18 Å². The van der Waals surface area contributed by atoms with E-state index >= 15 is 0 Å². The van der Waals surface area contributed by atoms with Gasteiger partial charge in [-0.2, -0.15) is 0 Å². The molecule has 1 atom stereocenters. The molecule has 0 fully saturated rings. The highest BCUT2D eigenvalue weighted by atomic mass is 35.5. The molecule has 1 aromatic rings. The maximum absolute atomic E-state index is 13.6. The Morgan fingerprint density at radius 2 is 1.89 bits per heavy atom. The maximum atomic E-state index is 13.6. The second-order valence-corrected chi connectivity index (χ2v) is 3.66. The van der Waals surface area contributed by atoms with E-state index in [0.717, 1.165) is 13.2 Å². The van der Waals surface area contributed by atoms with Gasteiger partial charge in [-0.3, -0.25) is 0 Å². The number of aliphatic hydroxyl groups excluding tert-OH is 1. The van der Waals surface area contributed by atoms with Crippen LogP contribution in [0.4, 0.5) is 4.39 Å². The molecular formula is C11H12ClFO5. The molecule has 7 heteroatoms. The van der Waals surface area contributed by atoms with Gasteiger partial charge < -0.3 is 19.3 Å². The molecular weight excluding hydrogens is 267 g/mol. The molecule has 0 radical (unpaired) electrons. The molecule has 1 N–H and O–H groups in total. The number of ether oxygens (including phenoxy) is 3. The molecule has 0 amide bonds. The van der Waals surface area contributed by atoms with E-state index in [9.17, 15) is 14.3 Å². The average molecular weight is 279 g/mol. The first-order valence-corrected chi connectivity index (χ1v) is 5.21. The number of hydrogen-bond donors (Lipinski definition) is 1. The van der Waals surface area contributed by atoms with Gasteiger partial charge in [0.25, 0.3) is 0 Å². The van der Waals surface area contributed by atoms with Crippen LogP contribution in [0.5, 0.6) is 11.5 Å². The van der Waals surface area contributed by atoms with Crippen LogP contribution in [0.2, 0.25) is 5.02 Å². The van der Waals surface area contributed by atoms with Crippen LogP contribution in [0.25, 0.3) is 0 Å². The van der Waals surface area contributed by atoms with E-state index < -0.39 is 17.9 Å². The number of aliphatic hydroxyl groups is 1. The smallest absolute Gasteiger partial charge is 0.339 e. The summed E-state index contributed by atoms with van der Waals surface area (Å²) in [7, 11) is 3.57. The topological polar surface area (TPSA) is 65.0 Å². The Kier molecular flexibility index (Phi) is 4.75. The number of hydrogen-bond acceptors (Lipinski definition) is 5. The molecule has 0 heterocycles. The van der Waals surface area contributed by atoms with Gasteiger partial charge in [0.2, 0.25) is 0 Å². The molecule has 0 aliphatic heterocycles. The molecule has 100 valence electrons. The molecule has 0 saturated heterocycles. The predicted octanol–water partition coefficient (Wildman–Crippen LogP) is 1.70. The van der Waals surface area contributed by atoms with Crippen LogP contribution >= 0.6 is 11.6 Å². The summed E-state index contributed by atoms with van der Waals surface area (Å²) in [6.45, 7) is 0. The predicted molar refractivity (Wildman–Crippen MR) is 61.5 cm³/mol. The molecule has 0 saturated carbocycles. The zero-order valence-corrected chi connectivity index (χ0v) is 10.7. The Labute approximate surface area is 108 Å². The van der Waals surface area contributed by atoms with Crippen molar-refractivity contribution < 1.29 is 28.5 Å². The number of carbonyl (C=O) groups is 1. The summed E-state index contributed by atoms with van der Waals surface area (Å²) < 4.78 is 27.8. The SMILES string of the molecule is COC(=O)C(O)c1cc(Cl)c(F)c(OC)c1OC. The monoisotopic (exact) mass is 278 g/mol. The Hall–Kier alpha value is -1.53. The van der Waals surface area contributed by atoms with E-state index in [4.69, 9.17) is 21.1 Å². The third kappa shape index (κ3) is 2.49. The number of carbonyl (C=O) groups excluding carboxylic acids is 1. The summed E-state index contributed by atoms with van der Waals surface area (Å²) in [6, 6.07) is 1.08. The minimum Gasteiger partial charge on any atom is -0.492 e. The minimum atomic E-state index is -1.64. The van der Waals surface area contributed by atoms with E-state index in [2.05, 4.69) is 4.74 Å². The van der Waals surface area contributed by atoms with Gasteiger partial charge in [0.15, 0.2) is 23.4 Å². The van der Waals surface area contributed by atoms with Gasteiger partial charge in [0, 0.05) is 5.56 Å². The van der Waals surface area contributed by atoms with Crippen molar-refractivity contribution in [3.8, 4) is 11.5 Å². The van der Waals surface area contributed by atoms with Crippen LogP contribution in [0, 0.1) is 5.82 Å². The molecule has 1 aromatic carbocycles. The molecule has 0 aliphatic carbocycles. The Balaban J connectivity index is 3.44. The fraction of sp³-hybridized carbons (Fsp3) is 0.364. The fourth-order valence-electron chi connectivity index (χ4n) is 1.44. The van der Waals surface area contributed by atoms with Crippen LogP contribution in [0.3, 0.4) is 0 Å². The van der Waals surface area contributed by atoms with Crippen LogP contribution in [0.1, 0.15) is 11.7 Å². The van der Waals surface area contributed by atoms with Gasteiger partial charge in [-0.1, -0.05) is 11.6 Å². The van der Waals surface area contributed by atoms with Crippen molar-refractivity contribution in [2.75, 3.05) is 21.3 Å². The van der Waals surface area contributed by atoms with E-state index in [1.807, 2.05) is 0 Å². The van der Waals surface area contributed by atoms with Crippen molar-refractivity contribution in [1.82, 2.24) is 0 Å². The first-order chi connectivity index (χ1) is 8.47. The third-order valence-corrected chi connectivity index (χ3v) is 2.56. The second-order valence-electron chi connectivity index (χ2n) is 3.25. The number of methoxy groups -OCH3 is 3. The summed E-state index contributed by atoms with van der Waals surface area (Å²) in [4.78, 5) is 11.3. The Morgan fingerprint density at radius 3 is 2.33 bits per heavy atom. The lowest BCUT2D eigenvalue weighted by Crippen LogP contribution is -2.15. The summed E-state index contributed by atoms with van der Waals surface area (Å²) >= 11 is 5.64. The largest absolute Gasteiger partial charge is 0.492 e. The van der Waals surface area contributed by atoms with Crippen molar-refractivity contribution >= 4 is 17.6 Å². The first-order valence-electron chi connectivity index (χ1n) is 4.83. The zero-order chi connectivity index (χ0) is 13.9. The van der Waals surface area contributed by atoms with Crippen LogP contribution in [-0.2, 0) is 9.53 Å². The molecule has 5 nitrogen and oxygen atoms in total. The number of benzene rings is 1. The second kappa shape index (κ2) is 5.88. The molecule has 0 aliphatic rings. The van der Waals surface area contributed by atoms with Gasteiger partial charge in [-0.05, 0) is 6.07 Å². The third-order valence-electron chi connectivity index (χ3n) is 2.29. The Bertz CT molecular complexity index is 463. The van der Waals surface area contributed by atoms with E-state index in [1.165, 1.54) is 14.2 Å². The standard InChI is InChI=1S/C11H12ClFO5/c1-16-9-5(8(14)11(15)18-3)4-6(12)7(13)10(9)17-2/h4,8,14H,1-3H3. The molecule has 0 aromatic heterocycles. The number of esters is 1. The lowest BCUT2D eigenvalue weighted by molar-refractivity contribution is -0.150. The van der Waals surface area contributed by atoms with Crippen molar-refractivity contribution in [3.63, 3.8) is 0 Å². The van der Waals surface area contributed by atoms with Gasteiger partial charge in [0.05, 0.1) is 26.4 Å². The average Bonchev–Trinajstić information content (AvgIpc) is 2.39. The van der Waals surface area contributed by atoms with Gasteiger partial charge >= 0.3 is 5.97 Å². The van der Waals surface area contributed by atoms with Crippen molar-refractivity contribution in [2.24, 2.45) is 0 Å². The highest BCUT2D eigenvalue weighted by molar-refractivity contribution is 6.31. The van der Waals surface area contributed by atoms with Crippen LogP contribution < -0.4 is 9.47 Å². The summed E-state index contributed by atoms with van der Waals surface area (Å²) in [5.74, 6) is -2.16. The summed E-state index contributed by atoms with van der Waals surface area (Å²) in [5, 5.41) is 9.44. The van der Waals surface area contributed by atoms with Crippen molar-refractivity contribution in [1.29, 1.82) is 0 Å². The summed E-state index contributed by atoms with van der Waals surface area (Å²) in [6.07, 6.45) is -1.64. The minimum absolute atomic E-state index is 0.0346. The lowest BCUT2D eigenvalue weighted by Gasteiger charge is -2.17. The highest BCUT2D eigenvalue weighted by Gasteiger charge is 2.28. The van der Waals surface area contributed by atoms with E-state index in [-0.39, 0.29) is 22.1 Å². The van der Waals surface area contributed by atoms with E-state index in [0.29, 0.717) is 0 Å². The van der Waals surface area contributed by atoms with Gasteiger partial charge in [0.1, 0.15) is 0 Å². The number of halogens is 2. The van der Waals surface area contributed by atoms with Crippen molar-refractivity contribution in [3.05, 3.63) is 22.5 Å². The van der Waals surface area contributed by atoms with Crippen LogP contribution in [-0.4, -0.2) is 32.4 Å². The molecule has 18 heavy (non-hydrogen) atoms. The molecule has 0 bridgehead atoms. The molecule has 0 spiro atoms. The summed E-state index contributed by atoms with van der Waals surface area (Å²) in [5.41, 5.74) is -0.0346. The highest BCUT2D eigenvalue weighted by Crippen LogP contribution is 2.40.